The van der Waals surface area contributed by atoms with Gasteiger partial charge in [-0.25, -0.2) is 0 Å². The molecule has 1 saturated heterocycles. The number of carbonyl (C=O) groups excluding carboxylic acids is 1. The second-order valence-electron chi connectivity index (χ2n) is 12.0. The Morgan fingerprint density at radius 3 is 2.28 bits per heavy atom. The monoisotopic (exact) mass is 641 g/mol. The molecule has 1 aromatic heterocycles. The van der Waals surface area contributed by atoms with Crippen LogP contribution in [0.15, 0.2) is 91.3 Å². The molecule has 1 aliphatic rings. The Labute approximate surface area is 281 Å². The molecule has 2 heterocycles. The second-order valence-corrected chi connectivity index (χ2v) is 12.4. The van der Waals surface area contributed by atoms with Gasteiger partial charge < -0.3 is 9.47 Å². The Morgan fingerprint density at radius 1 is 0.830 bits per heavy atom. The Kier molecular flexibility index (Phi) is 9.97. The lowest BCUT2D eigenvalue weighted by molar-refractivity contribution is 0.111. The Hall–Kier alpha value is -4.96. The minimum Gasteiger partial charge on any atom is -0.488 e. The van der Waals surface area contributed by atoms with Gasteiger partial charge in [0.2, 0.25) is 0 Å². The van der Waals surface area contributed by atoms with Crippen LogP contribution in [0.3, 0.4) is 0 Å². The highest BCUT2D eigenvalue weighted by Gasteiger charge is 2.16. The first-order chi connectivity index (χ1) is 22.9. The van der Waals surface area contributed by atoms with E-state index in [4.69, 9.17) is 26.3 Å². The molecule has 7 heteroatoms. The number of hydrogen-bond donors (Lipinski definition) is 0. The van der Waals surface area contributed by atoms with Crippen molar-refractivity contribution in [1.29, 1.82) is 5.26 Å². The summed E-state index contributed by atoms with van der Waals surface area (Å²) in [5.41, 5.74) is 10.9. The van der Waals surface area contributed by atoms with Gasteiger partial charge in [0.15, 0.2) is 6.29 Å². The number of aldehydes is 1. The minimum atomic E-state index is 0.132. The smallest absolute Gasteiger partial charge is 0.153 e. The number of nitrogens with zero attached hydrogens (tertiary/aromatic N) is 3. The highest BCUT2D eigenvalue weighted by atomic mass is 35.5. The summed E-state index contributed by atoms with van der Waals surface area (Å²) in [6.45, 7) is 8.12. The number of benzene rings is 4. The van der Waals surface area contributed by atoms with Gasteiger partial charge in [-0.05, 0) is 96.4 Å². The number of likely N-dealkylation sites (tertiary alicyclic amines) is 1. The molecule has 0 N–H and O–H groups in total. The number of nitriles is 1. The molecule has 0 unspecified atom stereocenters. The van der Waals surface area contributed by atoms with Crippen molar-refractivity contribution < 1.29 is 14.3 Å². The van der Waals surface area contributed by atoms with Crippen molar-refractivity contribution in [2.75, 3.05) is 13.1 Å². The van der Waals surface area contributed by atoms with Crippen LogP contribution >= 0.6 is 11.6 Å². The van der Waals surface area contributed by atoms with Crippen LogP contribution in [-0.2, 0) is 19.8 Å². The van der Waals surface area contributed by atoms with Crippen molar-refractivity contribution in [2.24, 2.45) is 0 Å². The van der Waals surface area contributed by atoms with Gasteiger partial charge in [0.05, 0.1) is 16.1 Å². The highest BCUT2D eigenvalue weighted by molar-refractivity contribution is 6.32. The van der Waals surface area contributed by atoms with Gasteiger partial charge >= 0.3 is 0 Å². The molecule has 0 aliphatic carbocycles. The number of ether oxygens (including phenoxy) is 2. The van der Waals surface area contributed by atoms with Crippen molar-refractivity contribution in [3.8, 4) is 39.8 Å². The van der Waals surface area contributed by atoms with E-state index in [1.807, 2.05) is 0 Å². The van der Waals surface area contributed by atoms with Gasteiger partial charge in [0.1, 0.15) is 30.8 Å². The first-order valence-electron chi connectivity index (χ1n) is 15.8. The van der Waals surface area contributed by atoms with Crippen molar-refractivity contribution in [3.05, 3.63) is 135 Å². The Balaban J connectivity index is 1.19. The summed E-state index contributed by atoms with van der Waals surface area (Å²) in [5.74, 6) is 0.746. The van der Waals surface area contributed by atoms with Crippen LogP contribution in [0.25, 0.3) is 22.3 Å². The number of halogens is 1. The average molecular weight is 642 g/mol. The van der Waals surface area contributed by atoms with E-state index in [1.165, 1.54) is 59.9 Å². The van der Waals surface area contributed by atoms with Gasteiger partial charge in [-0.15, -0.1) is 0 Å². The number of carbonyl (C=O) groups is 1. The van der Waals surface area contributed by atoms with E-state index >= 15 is 0 Å². The molecule has 0 atom stereocenters. The SMILES string of the molecule is Cc1c(COc2cc(OCc3cncc(C#N)c3)c(C=O)cc2Cl)cccc1-c1cccc(-c2ccc(CN3CCCC3)cc2)c1C. The summed E-state index contributed by atoms with van der Waals surface area (Å²) in [6, 6.07) is 28.7. The molecule has 6 rings (SSSR count). The number of aromatic nitrogens is 1. The molecule has 236 valence electrons. The summed E-state index contributed by atoms with van der Waals surface area (Å²) in [6.07, 6.45) is 6.40. The molecule has 1 aliphatic heterocycles. The van der Waals surface area contributed by atoms with E-state index in [0.29, 0.717) is 39.5 Å². The first kappa shape index (κ1) is 32.0. The third kappa shape index (κ3) is 7.38. The van der Waals surface area contributed by atoms with Crippen molar-refractivity contribution in [1.82, 2.24) is 9.88 Å². The lowest BCUT2D eigenvalue weighted by Gasteiger charge is -2.18. The van der Waals surface area contributed by atoms with E-state index in [1.54, 1.807) is 24.4 Å². The minimum absolute atomic E-state index is 0.132. The lowest BCUT2D eigenvalue weighted by Crippen LogP contribution is -2.18. The summed E-state index contributed by atoms with van der Waals surface area (Å²) >= 11 is 6.53. The summed E-state index contributed by atoms with van der Waals surface area (Å²) in [4.78, 5) is 18.4. The molecule has 6 nitrogen and oxygen atoms in total. The Bertz CT molecular complexity index is 1940. The topological polar surface area (TPSA) is 75.5 Å². The molecule has 0 amide bonds. The fraction of sp³-hybridized carbons (Fsp3) is 0.225. The normalized spacial score (nSPS) is 12.9. The van der Waals surface area contributed by atoms with Crippen molar-refractivity contribution >= 4 is 17.9 Å². The van der Waals surface area contributed by atoms with Crippen LogP contribution in [0.2, 0.25) is 5.02 Å². The largest absolute Gasteiger partial charge is 0.488 e. The summed E-state index contributed by atoms with van der Waals surface area (Å²) in [5, 5.41) is 9.48. The zero-order chi connectivity index (χ0) is 32.8. The molecule has 5 aromatic rings. The van der Waals surface area contributed by atoms with Crippen molar-refractivity contribution in [2.45, 2.75) is 46.4 Å². The quantitative estimate of drug-likeness (QED) is 0.134. The molecular weight excluding hydrogens is 606 g/mol. The lowest BCUT2D eigenvalue weighted by atomic mass is 9.89. The molecule has 0 bridgehead atoms. The van der Waals surface area contributed by atoms with Crippen LogP contribution in [0.5, 0.6) is 11.5 Å². The summed E-state index contributed by atoms with van der Waals surface area (Å²) in [7, 11) is 0. The zero-order valence-corrected chi connectivity index (χ0v) is 27.4. The molecule has 0 saturated carbocycles. The fourth-order valence-electron chi connectivity index (χ4n) is 6.18. The van der Waals surface area contributed by atoms with Gasteiger partial charge in [0.25, 0.3) is 0 Å². The second kappa shape index (κ2) is 14.6. The maximum absolute atomic E-state index is 11.8. The van der Waals surface area contributed by atoms with E-state index in [-0.39, 0.29) is 13.2 Å². The predicted molar refractivity (Wildman–Crippen MR) is 186 cm³/mol. The van der Waals surface area contributed by atoms with Crippen LogP contribution in [0.4, 0.5) is 0 Å². The van der Waals surface area contributed by atoms with Gasteiger partial charge in [-0.1, -0.05) is 72.3 Å². The molecular formula is C40H36ClN3O3. The standard InChI is InChI=1S/C40H36ClN3O3/c1-27-33(26-47-40-19-39(34(24-45)18-38(40)41)46-25-31-17-30(20-42)21-43-22-31)7-5-9-36(27)37-10-6-8-35(28(37)2)32-13-11-29(12-14-32)23-44-15-3-4-16-44/h5-14,17-19,21-22,24H,3-4,15-16,23,25-26H2,1-2H3. The van der Waals surface area contributed by atoms with Gasteiger partial charge in [-0.3, -0.25) is 14.7 Å². The van der Waals surface area contributed by atoms with Crippen molar-refractivity contribution in [3.63, 3.8) is 0 Å². The summed E-state index contributed by atoms with van der Waals surface area (Å²) < 4.78 is 12.2. The first-order valence-corrected chi connectivity index (χ1v) is 16.2. The molecule has 1 fully saturated rings. The van der Waals surface area contributed by atoms with E-state index in [9.17, 15) is 4.79 Å². The van der Waals surface area contributed by atoms with Crippen LogP contribution in [-0.4, -0.2) is 29.3 Å². The van der Waals surface area contributed by atoms with E-state index in [0.717, 1.165) is 23.2 Å². The third-order valence-corrected chi connectivity index (χ3v) is 9.13. The number of pyridine rings is 1. The maximum Gasteiger partial charge on any atom is 0.153 e. The maximum atomic E-state index is 11.8. The van der Waals surface area contributed by atoms with E-state index in [2.05, 4.69) is 90.5 Å². The molecule has 47 heavy (non-hydrogen) atoms. The molecule has 0 spiro atoms. The third-order valence-electron chi connectivity index (χ3n) is 8.83. The van der Waals surface area contributed by atoms with Crippen LogP contribution in [0.1, 0.15) is 56.6 Å². The van der Waals surface area contributed by atoms with E-state index < -0.39 is 0 Å². The average Bonchev–Trinajstić information content (AvgIpc) is 3.61. The van der Waals surface area contributed by atoms with Crippen LogP contribution < -0.4 is 9.47 Å². The number of hydrogen-bond acceptors (Lipinski definition) is 6. The fourth-order valence-corrected chi connectivity index (χ4v) is 6.41. The zero-order valence-electron chi connectivity index (χ0n) is 26.6. The number of rotatable bonds is 11. The molecule has 0 radical (unpaired) electrons. The molecule has 4 aromatic carbocycles. The predicted octanol–water partition coefficient (Wildman–Crippen LogP) is 9.12. The van der Waals surface area contributed by atoms with Gasteiger partial charge in [0, 0.05) is 30.6 Å². The van der Waals surface area contributed by atoms with Gasteiger partial charge in [-0.2, -0.15) is 5.26 Å². The van der Waals surface area contributed by atoms with Crippen LogP contribution in [0, 0.1) is 25.2 Å². The highest BCUT2D eigenvalue weighted by Crippen LogP contribution is 2.36. The Morgan fingerprint density at radius 2 is 1.53 bits per heavy atom.